The number of rotatable bonds is 17. The second-order valence-corrected chi connectivity index (χ2v) is 20.5. The summed E-state index contributed by atoms with van der Waals surface area (Å²) in [5, 5.41) is 0. The van der Waals surface area contributed by atoms with E-state index in [2.05, 4.69) is 12.1 Å². The predicted molar refractivity (Wildman–Crippen MR) is 269 cm³/mol. The Bertz CT molecular complexity index is 2010. The van der Waals surface area contributed by atoms with Crippen LogP contribution in [-0.4, -0.2) is 29.5 Å². The smallest absolute Gasteiger partial charge is 0.312 e. The molecule has 0 spiro atoms. The lowest BCUT2D eigenvalue weighted by molar-refractivity contribution is -0.169. The summed E-state index contributed by atoms with van der Waals surface area (Å²) in [7, 11) is 0. The van der Waals surface area contributed by atoms with Crippen LogP contribution in [0.3, 0.4) is 0 Å². The SMILES string of the molecule is CCC(C)(C)C(=O)OC(C)(C)Cc1ccccc1.CCC(C)(C)C(=O)OC(C)(C)c1ccccc1.CCC(C)(C)C(=O)OC(C)c1ccccc1.CCC(C)(C)C(=O)OCc1ccccc1. The number of esters is 4. The van der Waals surface area contributed by atoms with Crippen molar-refractivity contribution in [1.29, 1.82) is 0 Å². The van der Waals surface area contributed by atoms with Gasteiger partial charge in [0.1, 0.15) is 23.9 Å². The highest BCUT2D eigenvalue weighted by atomic mass is 16.6. The van der Waals surface area contributed by atoms with Crippen molar-refractivity contribution in [2.45, 2.75) is 174 Å². The average Bonchev–Trinajstić information content (AvgIpc) is 3.29. The number of carbonyl (C=O) groups excluding carboxylic acids is 4. The maximum atomic E-state index is 12.1. The maximum Gasteiger partial charge on any atom is 0.312 e. The van der Waals surface area contributed by atoms with E-state index >= 15 is 0 Å². The van der Waals surface area contributed by atoms with Crippen molar-refractivity contribution in [2.75, 3.05) is 0 Å². The van der Waals surface area contributed by atoms with Crippen molar-refractivity contribution in [3.8, 4) is 0 Å². The molecule has 0 aliphatic carbocycles. The van der Waals surface area contributed by atoms with E-state index < -0.39 is 27.4 Å². The summed E-state index contributed by atoms with van der Waals surface area (Å²) in [5.41, 5.74) is 1.60. The van der Waals surface area contributed by atoms with Crippen molar-refractivity contribution < 1.29 is 38.1 Å². The van der Waals surface area contributed by atoms with E-state index in [9.17, 15) is 19.2 Å². The topological polar surface area (TPSA) is 105 Å². The Hall–Kier alpha value is -5.24. The van der Waals surface area contributed by atoms with Crippen molar-refractivity contribution >= 4 is 23.9 Å². The first-order valence-electron chi connectivity index (χ1n) is 23.6. The summed E-state index contributed by atoms with van der Waals surface area (Å²) >= 11 is 0. The largest absolute Gasteiger partial charge is 0.460 e. The minimum Gasteiger partial charge on any atom is -0.460 e. The molecule has 4 rings (SSSR count). The fourth-order valence-corrected chi connectivity index (χ4v) is 5.39. The molecule has 4 aromatic rings. The highest BCUT2D eigenvalue weighted by Gasteiger charge is 2.35. The fraction of sp³-hybridized carbons (Fsp3) is 0.517. The molecule has 4 aromatic carbocycles. The Morgan fingerprint density at radius 3 is 1.21 bits per heavy atom. The quantitative estimate of drug-likeness (QED) is 0.0762. The number of benzene rings is 4. The number of carbonyl (C=O) groups is 4. The van der Waals surface area contributed by atoms with Gasteiger partial charge in [0.15, 0.2) is 0 Å². The lowest BCUT2D eigenvalue weighted by Gasteiger charge is -2.30. The zero-order valence-electron chi connectivity index (χ0n) is 43.6. The minimum atomic E-state index is -0.579. The molecule has 0 radical (unpaired) electrons. The van der Waals surface area contributed by atoms with Gasteiger partial charge in [-0.05, 0) is 138 Å². The average molecular weight is 909 g/mol. The van der Waals surface area contributed by atoms with Crippen molar-refractivity contribution in [1.82, 2.24) is 0 Å². The molecule has 0 aromatic heterocycles. The number of ether oxygens (including phenoxy) is 4. The molecule has 0 N–H and O–H groups in total. The molecule has 0 aliphatic heterocycles. The molecule has 0 saturated heterocycles. The second kappa shape index (κ2) is 26.8. The zero-order chi connectivity index (χ0) is 50.4. The molecule has 8 nitrogen and oxygen atoms in total. The van der Waals surface area contributed by atoms with Crippen LogP contribution in [0.5, 0.6) is 0 Å². The Morgan fingerprint density at radius 1 is 0.439 bits per heavy atom. The van der Waals surface area contributed by atoms with Crippen LogP contribution in [0.1, 0.15) is 172 Å². The number of hydrogen-bond donors (Lipinski definition) is 0. The standard InChI is InChI=1S/C16H24O2.C15H22O2.C14H20O2.C13H18O2/c1-6-15(2,3)14(17)18-16(4,5)12-13-10-8-7-9-11-13;1-6-14(2,3)13(16)17-15(4,5)12-10-8-7-9-11-12;1-5-14(3,4)13(15)16-11(2)12-9-7-6-8-10-12;1-4-13(2,3)12(14)15-10-11-8-6-5-7-9-11/h7-11H,6,12H2,1-5H3;7-11H,6H2,1-5H3;6-11H,5H2,1-4H3;5-9H,4,10H2,1-3H3. The molecule has 8 heteroatoms. The molecule has 66 heavy (non-hydrogen) atoms. The van der Waals surface area contributed by atoms with E-state index in [1.165, 1.54) is 5.56 Å². The molecule has 0 aliphatic rings. The van der Waals surface area contributed by atoms with Crippen LogP contribution < -0.4 is 0 Å². The third-order valence-electron chi connectivity index (χ3n) is 12.2. The van der Waals surface area contributed by atoms with Gasteiger partial charge in [-0.2, -0.15) is 0 Å². The van der Waals surface area contributed by atoms with Crippen LogP contribution in [-0.2, 0) is 56.8 Å². The molecule has 1 unspecified atom stereocenters. The van der Waals surface area contributed by atoms with E-state index in [0.29, 0.717) is 6.61 Å². The summed E-state index contributed by atoms with van der Waals surface area (Å²) in [6, 6.07) is 39.4. The van der Waals surface area contributed by atoms with Gasteiger partial charge >= 0.3 is 23.9 Å². The lowest BCUT2D eigenvalue weighted by atomic mass is 9.89. The van der Waals surface area contributed by atoms with Crippen LogP contribution in [0.25, 0.3) is 0 Å². The highest BCUT2D eigenvalue weighted by Crippen LogP contribution is 2.31. The predicted octanol–water partition coefficient (Wildman–Crippen LogP) is 14.8. The van der Waals surface area contributed by atoms with E-state index in [0.717, 1.165) is 48.8 Å². The Morgan fingerprint density at radius 2 is 0.788 bits per heavy atom. The third-order valence-corrected chi connectivity index (χ3v) is 12.2. The van der Waals surface area contributed by atoms with Gasteiger partial charge in [0.25, 0.3) is 0 Å². The molecule has 364 valence electrons. The van der Waals surface area contributed by atoms with Crippen molar-refractivity contribution in [3.63, 3.8) is 0 Å². The zero-order valence-corrected chi connectivity index (χ0v) is 43.6. The van der Waals surface area contributed by atoms with Crippen LogP contribution in [0.2, 0.25) is 0 Å². The van der Waals surface area contributed by atoms with Gasteiger partial charge in [-0.25, -0.2) is 0 Å². The van der Waals surface area contributed by atoms with Gasteiger partial charge in [0.2, 0.25) is 0 Å². The van der Waals surface area contributed by atoms with Crippen LogP contribution in [0.15, 0.2) is 121 Å². The molecular formula is C58H84O8. The molecule has 1 atom stereocenters. The van der Waals surface area contributed by atoms with Gasteiger partial charge in [-0.15, -0.1) is 0 Å². The normalized spacial score (nSPS) is 12.3. The Balaban J connectivity index is 0.000000441. The van der Waals surface area contributed by atoms with Gasteiger partial charge < -0.3 is 18.9 Å². The number of hydrogen-bond acceptors (Lipinski definition) is 8. The van der Waals surface area contributed by atoms with Crippen molar-refractivity contribution in [3.05, 3.63) is 144 Å². The first-order valence-corrected chi connectivity index (χ1v) is 23.6. The fourth-order valence-electron chi connectivity index (χ4n) is 5.39. The summed E-state index contributed by atoms with van der Waals surface area (Å²) in [6.07, 6.45) is 3.69. The molecule has 0 fully saturated rings. The summed E-state index contributed by atoms with van der Waals surface area (Å²) in [5.74, 6) is -0.528. The first-order chi connectivity index (χ1) is 30.6. The summed E-state index contributed by atoms with van der Waals surface area (Å²) < 4.78 is 22.0. The van der Waals surface area contributed by atoms with E-state index in [1.807, 2.05) is 227 Å². The Labute approximate surface area is 399 Å². The first kappa shape index (κ1) is 58.8. The summed E-state index contributed by atoms with van der Waals surface area (Å²) in [4.78, 5) is 47.6. The molecule has 0 bridgehead atoms. The van der Waals surface area contributed by atoms with Crippen LogP contribution >= 0.6 is 0 Å². The van der Waals surface area contributed by atoms with Gasteiger partial charge in [0, 0.05) is 6.42 Å². The van der Waals surface area contributed by atoms with Gasteiger partial charge in [-0.1, -0.05) is 149 Å². The van der Waals surface area contributed by atoms with Crippen molar-refractivity contribution in [2.24, 2.45) is 21.7 Å². The van der Waals surface area contributed by atoms with E-state index in [-0.39, 0.29) is 35.4 Å². The summed E-state index contributed by atoms with van der Waals surface area (Å²) in [6.45, 7) is 33.3. The Kier molecular flexibility index (Phi) is 23.9. The monoisotopic (exact) mass is 909 g/mol. The van der Waals surface area contributed by atoms with E-state index in [1.54, 1.807) is 0 Å². The highest BCUT2D eigenvalue weighted by molar-refractivity contribution is 5.77. The second-order valence-electron chi connectivity index (χ2n) is 20.5. The minimum absolute atomic E-state index is 0.120. The molecule has 0 saturated carbocycles. The maximum absolute atomic E-state index is 12.1. The molecular weight excluding hydrogens is 825 g/mol. The van der Waals surface area contributed by atoms with E-state index in [4.69, 9.17) is 18.9 Å². The molecule has 0 heterocycles. The molecule has 0 amide bonds. The van der Waals surface area contributed by atoms with Gasteiger partial charge in [0.05, 0.1) is 21.7 Å². The van der Waals surface area contributed by atoms with Crippen LogP contribution in [0.4, 0.5) is 0 Å². The lowest BCUT2D eigenvalue weighted by Crippen LogP contribution is -2.36. The van der Waals surface area contributed by atoms with Gasteiger partial charge in [-0.3, -0.25) is 19.2 Å². The van der Waals surface area contributed by atoms with Crippen LogP contribution in [0, 0.1) is 21.7 Å². The third kappa shape index (κ3) is 20.9.